The molecule has 0 N–H and O–H groups in total. The fourth-order valence-electron chi connectivity index (χ4n) is 8.67. The number of rotatable bonds is 58. The molecule has 0 spiro atoms. The van der Waals surface area contributed by atoms with Gasteiger partial charge in [0.1, 0.15) is 13.2 Å². The highest BCUT2D eigenvalue weighted by Gasteiger charge is 2.19. The molecule has 1 unspecified atom stereocenters. The minimum Gasteiger partial charge on any atom is -0.462 e. The smallest absolute Gasteiger partial charge is 0.306 e. The molecule has 6 heteroatoms. The van der Waals surface area contributed by atoms with E-state index in [0.717, 1.165) is 128 Å². The Morgan fingerprint density at radius 1 is 0.259 bits per heavy atom. The van der Waals surface area contributed by atoms with E-state index in [0.29, 0.717) is 19.3 Å². The van der Waals surface area contributed by atoms with Crippen molar-refractivity contribution in [1.29, 1.82) is 0 Å². The first-order valence-electron chi connectivity index (χ1n) is 33.0. The highest BCUT2D eigenvalue weighted by atomic mass is 16.6. The van der Waals surface area contributed by atoms with Crippen molar-refractivity contribution in [3.05, 3.63) is 158 Å². The Morgan fingerprint density at radius 2 is 0.494 bits per heavy atom. The Labute approximate surface area is 499 Å². The third kappa shape index (κ3) is 65.7. The lowest BCUT2D eigenvalue weighted by molar-refractivity contribution is -0.167. The van der Waals surface area contributed by atoms with E-state index in [1.54, 1.807) is 0 Å². The number of carbonyl (C=O) groups is 3. The van der Waals surface area contributed by atoms with Gasteiger partial charge in [-0.2, -0.15) is 0 Å². The predicted molar refractivity (Wildman–Crippen MR) is 352 cm³/mol. The average molecular weight is 1120 g/mol. The van der Waals surface area contributed by atoms with Gasteiger partial charge in [-0.15, -0.1) is 0 Å². The second-order valence-corrected chi connectivity index (χ2v) is 21.3. The highest BCUT2D eigenvalue weighted by molar-refractivity contribution is 5.71. The van der Waals surface area contributed by atoms with Gasteiger partial charge >= 0.3 is 17.9 Å². The van der Waals surface area contributed by atoms with Crippen molar-refractivity contribution in [2.75, 3.05) is 13.2 Å². The van der Waals surface area contributed by atoms with Crippen molar-refractivity contribution in [3.8, 4) is 0 Å². The Morgan fingerprint density at radius 3 is 0.790 bits per heavy atom. The zero-order valence-electron chi connectivity index (χ0n) is 52.2. The van der Waals surface area contributed by atoms with Crippen LogP contribution in [0.25, 0.3) is 0 Å². The summed E-state index contributed by atoms with van der Waals surface area (Å²) in [5.41, 5.74) is 0. The van der Waals surface area contributed by atoms with Crippen LogP contribution in [0.1, 0.15) is 278 Å². The van der Waals surface area contributed by atoms with Crippen molar-refractivity contribution in [2.24, 2.45) is 0 Å². The molecule has 0 aliphatic heterocycles. The first-order valence-corrected chi connectivity index (χ1v) is 33.0. The summed E-state index contributed by atoms with van der Waals surface area (Å²) < 4.78 is 16.8. The number of esters is 3. The van der Waals surface area contributed by atoms with Crippen LogP contribution < -0.4 is 0 Å². The van der Waals surface area contributed by atoms with Crippen LogP contribution in [0.2, 0.25) is 0 Å². The number of carbonyl (C=O) groups excluding carboxylic acids is 3. The molecule has 0 amide bonds. The lowest BCUT2D eigenvalue weighted by atomic mass is 10.0. The highest BCUT2D eigenvalue weighted by Crippen LogP contribution is 2.15. The van der Waals surface area contributed by atoms with Gasteiger partial charge in [0.15, 0.2) is 6.10 Å². The van der Waals surface area contributed by atoms with Gasteiger partial charge in [0, 0.05) is 19.3 Å². The maximum Gasteiger partial charge on any atom is 0.306 e. The Kier molecular flexibility index (Phi) is 63.4. The lowest BCUT2D eigenvalue weighted by Crippen LogP contribution is -2.30. The lowest BCUT2D eigenvalue weighted by Gasteiger charge is -2.18. The standard InChI is InChI=1S/C75H120O6/c1-4-7-10-13-16-19-21-23-25-27-29-31-33-34-35-36-37-38-39-40-42-43-45-47-49-51-53-56-59-62-65-68-74(77)80-71-72(70-79-73(76)67-64-61-58-55-18-15-12-9-6-3)81-75(78)69-66-63-60-57-54-52-50-48-46-44-41-32-30-28-26-24-22-20-17-14-11-8-5-2/h7-8,10-11,16-17,19-20,23-26,29-32,34-35,37-38,44,46,50,52,57,60,72H,4-6,9,12-15,18,21-22,27-28,33,36,39-43,45,47-49,51,53-56,58-59,61-71H2,1-3H3/b10-7-,11-8-,19-16-,20-17-,25-23-,26-24-,31-29-,32-30-,35-34-,38-37-,46-44-,52-50-,60-57-. The van der Waals surface area contributed by atoms with Crippen molar-refractivity contribution in [2.45, 2.75) is 284 Å². The topological polar surface area (TPSA) is 78.9 Å². The third-order valence-electron chi connectivity index (χ3n) is 13.5. The molecule has 456 valence electrons. The summed E-state index contributed by atoms with van der Waals surface area (Å²) in [6.07, 6.45) is 98.4. The number of allylic oxidation sites excluding steroid dienone is 26. The summed E-state index contributed by atoms with van der Waals surface area (Å²) in [5.74, 6) is -0.971. The average Bonchev–Trinajstić information content (AvgIpc) is 3.47. The van der Waals surface area contributed by atoms with E-state index in [1.165, 1.54) is 103 Å². The molecule has 6 nitrogen and oxygen atoms in total. The molecule has 0 aliphatic carbocycles. The van der Waals surface area contributed by atoms with Crippen LogP contribution >= 0.6 is 0 Å². The first kappa shape index (κ1) is 76.0. The fraction of sp³-hybridized carbons (Fsp3) is 0.613. The molecule has 0 aromatic carbocycles. The van der Waals surface area contributed by atoms with Gasteiger partial charge in [0.25, 0.3) is 0 Å². The van der Waals surface area contributed by atoms with Crippen LogP contribution in [0.4, 0.5) is 0 Å². The number of unbranched alkanes of at least 4 members (excludes halogenated alkanes) is 21. The van der Waals surface area contributed by atoms with Gasteiger partial charge in [-0.05, 0) is 122 Å². The van der Waals surface area contributed by atoms with E-state index in [1.807, 2.05) is 0 Å². The summed E-state index contributed by atoms with van der Waals surface area (Å²) in [4.78, 5) is 38.2. The van der Waals surface area contributed by atoms with Crippen LogP contribution in [0.3, 0.4) is 0 Å². The van der Waals surface area contributed by atoms with Crippen molar-refractivity contribution in [3.63, 3.8) is 0 Å². The molecule has 0 rings (SSSR count). The van der Waals surface area contributed by atoms with Crippen LogP contribution in [0.5, 0.6) is 0 Å². The molecule has 0 radical (unpaired) electrons. The van der Waals surface area contributed by atoms with E-state index in [-0.39, 0.29) is 37.5 Å². The van der Waals surface area contributed by atoms with Crippen LogP contribution in [-0.2, 0) is 28.6 Å². The normalized spacial score (nSPS) is 13.2. The van der Waals surface area contributed by atoms with Crippen LogP contribution in [0, 0.1) is 0 Å². The second-order valence-electron chi connectivity index (χ2n) is 21.3. The minimum atomic E-state index is -0.814. The van der Waals surface area contributed by atoms with E-state index >= 15 is 0 Å². The second kappa shape index (κ2) is 67.5. The minimum absolute atomic E-state index is 0.105. The van der Waals surface area contributed by atoms with Crippen LogP contribution in [-0.4, -0.2) is 37.2 Å². The molecule has 0 aromatic rings. The zero-order valence-corrected chi connectivity index (χ0v) is 52.2. The van der Waals surface area contributed by atoms with Crippen molar-refractivity contribution < 1.29 is 28.6 Å². The summed E-state index contributed by atoms with van der Waals surface area (Å²) in [6.45, 7) is 6.34. The zero-order chi connectivity index (χ0) is 58.5. The van der Waals surface area contributed by atoms with E-state index in [2.05, 4.69) is 179 Å². The summed E-state index contributed by atoms with van der Waals surface area (Å²) >= 11 is 0. The van der Waals surface area contributed by atoms with Gasteiger partial charge in [-0.1, -0.05) is 294 Å². The summed E-state index contributed by atoms with van der Waals surface area (Å²) in [6, 6.07) is 0. The van der Waals surface area contributed by atoms with Crippen molar-refractivity contribution >= 4 is 17.9 Å². The van der Waals surface area contributed by atoms with Gasteiger partial charge in [0.05, 0.1) is 0 Å². The molecule has 81 heavy (non-hydrogen) atoms. The first-order chi connectivity index (χ1) is 40.0. The quantitative estimate of drug-likeness (QED) is 0.0261. The Balaban J connectivity index is 4.29. The molecule has 0 saturated heterocycles. The van der Waals surface area contributed by atoms with Gasteiger partial charge < -0.3 is 14.2 Å². The SMILES string of the molecule is CC/C=C\C/C=C\C/C=C\C/C=C\C/C=C\C/C=C\C/C=C\CCCC(=O)OC(COC(=O)CCCCCCCCCCC)COC(=O)CCCCCCCCCCCCCC/C=C\C/C=C\C/C=C\C/C=C\C/C=C\C/C=C\CC. The number of hydrogen-bond donors (Lipinski definition) is 0. The fourth-order valence-corrected chi connectivity index (χ4v) is 8.67. The maximum absolute atomic E-state index is 12.9. The monoisotopic (exact) mass is 1120 g/mol. The molecule has 0 bridgehead atoms. The van der Waals surface area contributed by atoms with Gasteiger partial charge in [0.2, 0.25) is 0 Å². The molecule has 0 aromatic heterocycles. The summed E-state index contributed by atoms with van der Waals surface area (Å²) in [5, 5.41) is 0. The molecule has 0 saturated carbocycles. The third-order valence-corrected chi connectivity index (χ3v) is 13.5. The predicted octanol–water partition coefficient (Wildman–Crippen LogP) is 22.9. The molecular formula is C75H120O6. The molecule has 0 aliphatic rings. The molecular weight excluding hydrogens is 997 g/mol. The molecule has 1 atom stereocenters. The number of ether oxygens (including phenoxy) is 3. The van der Waals surface area contributed by atoms with Crippen LogP contribution in [0.15, 0.2) is 158 Å². The Bertz CT molecular complexity index is 1810. The largest absolute Gasteiger partial charge is 0.462 e. The van der Waals surface area contributed by atoms with Gasteiger partial charge in [-0.25, -0.2) is 0 Å². The summed E-state index contributed by atoms with van der Waals surface area (Å²) in [7, 11) is 0. The van der Waals surface area contributed by atoms with E-state index in [9.17, 15) is 14.4 Å². The van der Waals surface area contributed by atoms with Crippen molar-refractivity contribution in [1.82, 2.24) is 0 Å². The molecule has 0 fully saturated rings. The maximum atomic E-state index is 12.9. The van der Waals surface area contributed by atoms with E-state index < -0.39 is 6.10 Å². The number of hydrogen-bond acceptors (Lipinski definition) is 6. The Hall–Kier alpha value is -4.97. The molecule has 0 heterocycles. The van der Waals surface area contributed by atoms with E-state index in [4.69, 9.17) is 14.2 Å². The van der Waals surface area contributed by atoms with Gasteiger partial charge in [-0.3, -0.25) is 14.4 Å².